The van der Waals surface area contributed by atoms with Crippen LogP contribution in [0.15, 0.2) is 0 Å². The normalized spacial score (nSPS) is 35.4. The number of aliphatic carboxylic acids is 1. The number of hydrogen-bond acceptors (Lipinski definition) is 4. The Morgan fingerprint density at radius 1 is 1.10 bits per heavy atom. The van der Waals surface area contributed by atoms with Crippen molar-refractivity contribution in [1.29, 1.82) is 0 Å². The Kier molecular flexibility index (Phi) is 4.71. The van der Waals surface area contributed by atoms with E-state index in [2.05, 4.69) is 0 Å². The first kappa shape index (κ1) is 15.7. The Morgan fingerprint density at radius 2 is 1.75 bits per heavy atom. The lowest BCUT2D eigenvalue weighted by atomic mass is 9.93. The van der Waals surface area contributed by atoms with Crippen LogP contribution in [0.4, 0.5) is 0 Å². The van der Waals surface area contributed by atoms with Gasteiger partial charge in [-0.1, -0.05) is 19.3 Å². The van der Waals surface area contributed by atoms with E-state index in [4.69, 9.17) is 5.11 Å². The van der Waals surface area contributed by atoms with Gasteiger partial charge in [0.1, 0.15) is 0 Å². The molecule has 0 saturated heterocycles. The van der Waals surface area contributed by atoms with E-state index >= 15 is 0 Å². The zero-order chi connectivity index (χ0) is 14.9. The lowest BCUT2D eigenvalue weighted by Gasteiger charge is -2.36. The van der Waals surface area contributed by atoms with Gasteiger partial charge in [0.2, 0.25) is 10.0 Å². The van der Waals surface area contributed by atoms with E-state index in [0.717, 1.165) is 12.8 Å². The number of sulfonamides is 1. The van der Waals surface area contributed by atoms with Crippen LogP contribution in [-0.2, 0) is 14.8 Å². The number of rotatable bonds is 4. The summed E-state index contributed by atoms with van der Waals surface area (Å²) in [5.41, 5.74) is 0. The maximum Gasteiger partial charge on any atom is 0.307 e. The van der Waals surface area contributed by atoms with Crippen LogP contribution < -0.4 is 0 Å². The van der Waals surface area contributed by atoms with Gasteiger partial charge in [-0.2, -0.15) is 4.31 Å². The van der Waals surface area contributed by atoms with Crippen LogP contribution in [0.3, 0.4) is 0 Å². The lowest BCUT2D eigenvalue weighted by Crippen LogP contribution is -2.50. The maximum absolute atomic E-state index is 12.6. The third-order valence-electron chi connectivity index (χ3n) is 4.71. The van der Waals surface area contributed by atoms with Gasteiger partial charge < -0.3 is 10.2 Å². The molecule has 0 spiro atoms. The first-order chi connectivity index (χ1) is 9.35. The average Bonchev–Trinajstić information content (AvgIpc) is 2.88. The Hall–Kier alpha value is -0.660. The van der Waals surface area contributed by atoms with Crippen molar-refractivity contribution < 1.29 is 23.4 Å². The van der Waals surface area contributed by atoms with Gasteiger partial charge >= 0.3 is 5.97 Å². The van der Waals surface area contributed by atoms with Crippen LogP contribution in [-0.4, -0.2) is 53.3 Å². The van der Waals surface area contributed by atoms with Gasteiger partial charge in [0.25, 0.3) is 0 Å². The zero-order valence-electron chi connectivity index (χ0n) is 11.7. The Labute approximate surface area is 119 Å². The molecule has 0 aromatic rings. The summed E-state index contributed by atoms with van der Waals surface area (Å²) in [6.07, 6.45) is 3.85. The predicted molar refractivity (Wildman–Crippen MR) is 73.7 cm³/mol. The van der Waals surface area contributed by atoms with Crippen molar-refractivity contribution in [3.05, 3.63) is 0 Å². The number of hydrogen-bond donors (Lipinski definition) is 2. The molecule has 7 heteroatoms. The van der Waals surface area contributed by atoms with E-state index in [1.807, 2.05) is 0 Å². The summed E-state index contributed by atoms with van der Waals surface area (Å²) in [6.45, 7) is 0. The number of likely N-dealkylation sites (N-methyl/N-ethyl adjacent to an activating group) is 1. The predicted octanol–water partition coefficient (Wildman–Crippen LogP) is 0.805. The summed E-state index contributed by atoms with van der Waals surface area (Å²) in [5.74, 6) is -1.85. The van der Waals surface area contributed by atoms with E-state index in [-0.39, 0.29) is 0 Å². The molecule has 4 unspecified atom stereocenters. The van der Waals surface area contributed by atoms with Crippen molar-refractivity contribution in [2.24, 2.45) is 5.92 Å². The maximum atomic E-state index is 12.6. The number of nitrogens with zero attached hydrogens (tertiary/aromatic N) is 1. The molecule has 0 bridgehead atoms. The highest BCUT2D eigenvalue weighted by Crippen LogP contribution is 2.35. The smallest absolute Gasteiger partial charge is 0.307 e. The molecule has 116 valence electrons. The van der Waals surface area contributed by atoms with Crippen LogP contribution in [0.25, 0.3) is 0 Å². The van der Waals surface area contributed by atoms with Gasteiger partial charge in [-0.15, -0.1) is 0 Å². The Bertz CT molecular complexity index is 463. The number of aliphatic hydroxyl groups is 1. The summed E-state index contributed by atoms with van der Waals surface area (Å²) in [4.78, 5) is 11.2. The molecule has 20 heavy (non-hydrogen) atoms. The van der Waals surface area contributed by atoms with E-state index in [9.17, 15) is 18.3 Å². The molecule has 2 fully saturated rings. The van der Waals surface area contributed by atoms with Crippen LogP contribution in [0.5, 0.6) is 0 Å². The van der Waals surface area contributed by atoms with Gasteiger partial charge in [-0.25, -0.2) is 8.42 Å². The molecule has 0 heterocycles. The Morgan fingerprint density at radius 3 is 2.35 bits per heavy atom. The number of carbonyl (C=O) groups is 1. The van der Waals surface area contributed by atoms with E-state index in [0.29, 0.717) is 32.1 Å². The van der Waals surface area contributed by atoms with E-state index in [1.165, 1.54) is 11.4 Å². The van der Waals surface area contributed by atoms with Crippen molar-refractivity contribution in [2.75, 3.05) is 7.05 Å². The SMILES string of the molecule is CN(C1CCCCC1O)S(=O)(=O)C1CCCC1C(=O)O. The van der Waals surface area contributed by atoms with Crippen LogP contribution in [0.2, 0.25) is 0 Å². The van der Waals surface area contributed by atoms with E-state index in [1.54, 1.807) is 0 Å². The van der Waals surface area contributed by atoms with E-state index < -0.39 is 39.3 Å². The molecule has 6 nitrogen and oxygen atoms in total. The van der Waals surface area contributed by atoms with Gasteiger partial charge in [0.15, 0.2) is 0 Å². The molecular weight excluding hydrogens is 282 g/mol. The summed E-state index contributed by atoms with van der Waals surface area (Å²) < 4.78 is 26.5. The van der Waals surface area contributed by atoms with Crippen LogP contribution in [0, 0.1) is 5.92 Å². The van der Waals surface area contributed by atoms with Crippen molar-refractivity contribution >= 4 is 16.0 Å². The summed E-state index contributed by atoms with van der Waals surface area (Å²) in [5, 5.41) is 18.3. The molecule has 0 aromatic carbocycles. The molecule has 2 aliphatic rings. The molecule has 2 N–H and O–H groups in total. The first-order valence-electron chi connectivity index (χ1n) is 7.23. The lowest BCUT2D eigenvalue weighted by molar-refractivity contribution is -0.141. The Balaban J connectivity index is 2.18. The highest BCUT2D eigenvalue weighted by molar-refractivity contribution is 7.89. The second kappa shape index (κ2) is 5.99. The van der Waals surface area contributed by atoms with Crippen molar-refractivity contribution in [1.82, 2.24) is 4.31 Å². The van der Waals surface area contributed by atoms with Crippen LogP contribution >= 0.6 is 0 Å². The minimum absolute atomic E-state index is 0.395. The van der Waals surface area contributed by atoms with Crippen molar-refractivity contribution in [3.8, 4) is 0 Å². The molecule has 4 atom stereocenters. The minimum Gasteiger partial charge on any atom is -0.481 e. The molecule has 0 amide bonds. The molecule has 0 aliphatic heterocycles. The highest BCUT2D eigenvalue weighted by Gasteiger charge is 2.45. The number of carboxylic acids is 1. The monoisotopic (exact) mass is 305 g/mol. The number of carboxylic acid groups (broad SMARTS) is 1. The largest absolute Gasteiger partial charge is 0.481 e. The summed E-state index contributed by atoms with van der Waals surface area (Å²) in [7, 11) is -2.19. The van der Waals surface area contributed by atoms with Crippen molar-refractivity contribution in [3.63, 3.8) is 0 Å². The van der Waals surface area contributed by atoms with Gasteiger partial charge in [0.05, 0.1) is 23.3 Å². The fraction of sp³-hybridized carbons (Fsp3) is 0.923. The zero-order valence-corrected chi connectivity index (χ0v) is 12.6. The van der Waals surface area contributed by atoms with Crippen LogP contribution in [0.1, 0.15) is 44.9 Å². The second-order valence-corrected chi connectivity index (χ2v) is 8.11. The molecule has 0 aromatic heterocycles. The number of aliphatic hydroxyl groups excluding tert-OH is 1. The topological polar surface area (TPSA) is 94.9 Å². The molecule has 2 rings (SSSR count). The fourth-order valence-electron chi connectivity index (χ4n) is 3.48. The molecule has 0 radical (unpaired) electrons. The summed E-state index contributed by atoms with van der Waals surface area (Å²) >= 11 is 0. The average molecular weight is 305 g/mol. The summed E-state index contributed by atoms with van der Waals surface area (Å²) in [6, 6.07) is -0.413. The first-order valence-corrected chi connectivity index (χ1v) is 8.73. The molecule has 2 aliphatic carbocycles. The fourth-order valence-corrected chi connectivity index (χ4v) is 5.67. The quantitative estimate of drug-likeness (QED) is 0.801. The third-order valence-corrected chi connectivity index (χ3v) is 7.12. The van der Waals surface area contributed by atoms with Gasteiger partial charge in [-0.05, 0) is 25.7 Å². The standard InChI is InChI=1S/C13H23NO5S/c1-14(10-6-2-3-7-11(10)15)20(18,19)12-8-4-5-9(12)13(16)17/h9-12,15H,2-8H2,1H3,(H,16,17). The second-order valence-electron chi connectivity index (χ2n) is 5.89. The molecular formula is C13H23NO5S. The van der Waals surface area contributed by atoms with Gasteiger partial charge in [-0.3, -0.25) is 4.79 Å². The molecule has 2 saturated carbocycles. The minimum atomic E-state index is -3.67. The third kappa shape index (κ3) is 2.84. The van der Waals surface area contributed by atoms with Crippen molar-refractivity contribution in [2.45, 2.75) is 62.3 Å². The highest BCUT2D eigenvalue weighted by atomic mass is 32.2. The van der Waals surface area contributed by atoms with Gasteiger partial charge in [0, 0.05) is 7.05 Å².